The van der Waals surface area contributed by atoms with Crippen LogP contribution in [-0.2, 0) is 30.4 Å². The van der Waals surface area contributed by atoms with Crippen LogP contribution in [0.25, 0.3) is 0 Å². The molecule has 0 fully saturated rings. The van der Waals surface area contributed by atoms with E-state index in [4.69, 9.17) is 11.5 Å². The van der Waals surface area contributed by atoms with Crippen molar-refractivity contribution in [3.8, 4) is 5.75 Å². The number of carboxylic acids is 1. The molecule has 0 saturated heterocycles. The second-order valence-corrected chi connectivity index (χ2v) is 8.86. The molecule has 0 spiro atoms. The van der Waals surface area contributed by atoms with Crippen molar-refractivity contribution in [2.45, 2.75) is 63.7 Å². The van der Waals surface area contributed by atoms with Gasteiger partial charge in [-0.25, -0.2) is 4.79 Å². The second kappa shape index (κ2) is 14.9. The summed E-state index contributed by atoms with van der Waals surface area (Å²) in [5.41, 5.74) is 11.4. The summed E-state index contributed by atoms with van der Waals surface area (Å²) in [5, 5.41) is 26.5. The molecule has 9 N–H and O–H groups in total. The van der Waals surface area contributed by atoms with Gasteiger partial charge in [-0.05, 0) is 30.0 Å². The first-order valence-corrected chi connectivity index (χ1v) is 12.1. The summed E-state index contributed by atoms with van der Waals surface area (Å²) < 4.78 is 0. The van der Waals surface area contributed by atoms with E-state index in [1.807, 2.05) is 0 Å². The van der Waals surface area contributed by atoms with Crippen LogP contribution >= 0.6 is 12.6 Å². The van der Waals surface area contributed by atoms with Crippen molar-refractivity contribution >= 4 is 42.2 Å². The summed E-state index contributed by atoms with van der Waals surface area (Å²) in [5.74, 6) is -4.43. The number of aromatic hydroxyl groups is 1. The molecule has 0 aliphatic carbocycles. The second-order valence-electron chi connectivity index (χ2n) is 8.50. The third kappa shape index (κ3) is 10.1. The fourth-order valence-corrected chi connectivity index (χ4v) is 3.44. The van der Waals surface area contributed by atoms with Crippen LogP contribution in [0, 0.1) is 5.92 Å². The highest BCUT2D eigenvalue weighted by atomic mass is 32.1. The molecule has 0 saturated carbocycles. The minimum atomic E-state index is -1.28. The number of nitrogens with two attached hydrogens (primary N) is 2. The summed E-state index contributed by atoms with van der Waals surface area (Å²) in [6, 6.07) is 1.32. The molecule has 4 amide bonds. The zero-order chi connectivity index (χ0) is 27.4. The van der Waals surface area contributed by atoms with E-state index in [2.05, 4.69) is 28.6 Å². The number of hydrogen-bond acceptors (Lipinski definition) is 8. The highest BCUT2D eigenvalue weighted by Gasteiger charge is 2.32. The van der Waals surface area contributed by atoms with Crippen molar-refractivity contribution < 1.29 is 34.2 Å². The van der Waals surface area contributed by atoms with Gasteiger partial charge in [-0.1, -0.05) is 32.4 Å². The Kier molecular flexibility index (Phi) is 12.7. The number of primary amides is 1. The summed E-state index contributed by atoms with van der Waals surface area (Å²) in [6.07, 6.45) is 0.347. The summed E-state index contributed by atoms with van der Waals surface area (Å²) in [6.45, 7) is 3.52. The van der Waals surface area contributed by atoms with E-state index in [0.29, 0.717) is 12.0 Å². The van der Waals surface area contributed by atoms with Crippen molar-refractivity contribution in [3.63, 3.8) is 0 Å². The van der Waals surface area contributed by atoms with Gasteiger partial charge in [0, 0.05) is 18.6 Å². The molecular weight excluding hydrogens is 490 g/mol. The van der Waals surface area contributed by atoms with Gasteiger partial charge >= 0.3 is 5.97 Å². The fraction of sp³-hybridized carbons (Fsp3) is 0.522. The third-order valence-electron chi connectivity index (χ3n) is 5.64. The first-order valence-electron chi connectivity index (χ1n) is 11.5. The van der Waals surface area contributed by atoms with Gasteiger partial charge < -0.3 is 37.6 Å². The zero-order valence-corrected chi connectivity index (χ0v) is 21.2. The van der Waals surface area contributed by atoms with Gasteiger partial charge in [0.2, 0.25) is 23.6 Å². The number of aliphatic carboxylic acids is 1. The molecule has 1 aromatic rings. The lowest BCUT2D eigenvalue weighted by Crippen LogP contribution is -2.59. The number of nitrogens with one attached hydrogen (secondary N) is 3. The number of phenolic OH excluding ortho intramolecular Hbond substituents is 1. The molecule has 13 heteroatoms. The first-order chi connectivity index (χ1) is 16.9. The molecule has 0 heterocycles. The normalized spacial score (nSPS) is 15.0. The maximum atomic E-state index is 13.0. The molecule has 5 atom stereocenters. The van der Waals surface area contributed by atoms with Crippen LogP contribution < -0.4 is 27.4 Å². The van der Waals surface area contributed by atoms with Gasteiger partial charge in [-0.2, -0.15) is 12.6 Å². The number of phenols is 1. The number of thiol groups is 1. The van der Waals surface area contributed by atoms with E-state index in [9.17, 15) is 34.2 Å². The van der Waals surface area contributed by atoms with Gasteiger partial charge in [0.05, 0.1) is 6.04 Å². The van der Waals surface area contributed by atoms with Crippen LogP contribution in [0.4, 0.5) is 0 Å². The number of rotatable bonds is 15. The van der Waals surface area contributed by atoms with Gasteiger partial charge in [0.15, 0.2) is 0 Å². The number of carbonyl (C=O) groups is 5. The lowest BCUT2D eigenvalue weighted by Gasteiger charge is -2.27. The van der Waals surface area contributed by atoms with Crippen molar-refractivity contribution in [1.82, 2.24) is 16.0 Å². The number of amides is 4. The van der Waals surface area contributed by atoms with E-state index < -0.39 is 53.8 Å². The topological polar surface area (TPSA) is 214 Å². The Balaban J connectivity index is 2.91. The van der Waals surface area contributed by atoms with Gasteiger partial charge in [-0.15, -0.1) is 0 Å². The van der Waals surface area contributed by atoms with E-state index in [1.54, 1.807) is 26.0 Å². The molecule has 5 unspecified atom stereocenters. The molecule has 0 aliphatic heterocycles. The predicted molar refractivity (Wildman–Crippen MR) is 135 cm³/mol. The summed E-state index contributed by atoms with van der Waals surface area (Å²) >= 11 is 4.09. The minimum Gasteiger partial charge on any atom is -0.508 e. The number of carbonyl (C=O) groups excluding carboxylic acids is 4. The lowest BCUT2D eigenvalue weighted by molar-refractivity contribution is -0.142. The SMILES string of the molecule is CCC(C)C(NC(=O)C(CS)NC(=O)C(N)CCC(N)=O)C(=O)NC(Cc1ccc(O)cc1)C(=O)O. The molecule has 0 bridgehead atoms. The highest BCUT2D eigenvalue weighted by molar-refractivity contribution is 7.80. The Morgan fingerprint density at radius 3 is 2.06 bits per heavy atom. The van der Waals surface area contributed by atoms with Gasteiger partial charge in [0.25, 0.3) is 0 Å². The monoisotopic (exact) mass is 525 g/mol. The smallest absolute Gasteiger partial charge is 0.326 e. The molecule has 1 aromatic carbocycles. The third-order valence-corrected chi connectivity index (χ3v) is 6.00. The molecule has 0 radical (unpaired) electrons. The van der Waals surface area contributed by atoms with Crippen molar-refractivity contribution in [2.24, 2.45) is 17.4 Å². The Labute approximate surface area is 215 Å². The Morgan fingerprint density at radius 1 is 0.972 bits per heavy atom. The van der Waals surface area contributed by atoms with Crippen LogP contribution in [0.15, 0.2) is 24.3 Å². The lowest BCUT2D eigenvalue weighted by atomic mass is 9.97. The quantitative estimate of drug-likeness (QED) is 0.133. The van der Waals surface area contributed by atoms with Gasteiger partial charge in [-0.3, -0.25) is 19.2 Å². The van der Waals surface area contributed by atoms with E-state index in [0.717, 1.165) is 0 Å². The Bertz CT molecular complexity index is 928. The van der Waals surface area contributed by atoms with Crippen LogP contribution in [-0.4, -0.2) is 69.7 Å². The summed E-state index contributed by atoms with van der Waals surface area (Å²) in [4.78, 5) is 60.9. The van der Waals surface area contributed by atoms with Crippen LogP contribution in [0.5, 0.6) is 5.75 Å². The number of carboxylic acid groups (broad SMARTS) is 1. The minimum absolute atomic E-state index is 0.00240. The fourth-order valence-electron chi connectivity index (χ4n) is 3.19. The Morgan fingerprint density at radius 2 is 1.56 bits per heavy atom. The highest BCUT2D eigenvalue weighted by Crippen LogP contribution is 2.13. The van der Waals surface area contributed by atoms with Crippen LogP contribution in [0.1, 0.15) is 38.7 Å². The maximum absolute atomic E-state index is 13.0. The Hall–Kier alpha value is -3.32. The number of hydrogen-bond donors (Lipinski definition) is 8. The first kappa shape index (κ1) is 30.7. The van der Waals surface area contributed by atoms with Gasteiger partial charge in [0.1, 0.15) is 23.9 Å². The molecule has 12 nitrogen and oxygen atoms in total. The maximum Gasteiger partial charge on any atom is 0.326 e. The molecule has 200 valence electrons. The summed E-state index contributed by atoms with van der Waals surface area (Å²) in [7, 11) is 0. The van der Waals surface area contributed by atoms with Crippen molar-refractivity contribution in [3.05, 3.63) is 29.8 Å². The predicted octanol–water partition coefficient (Wildman–Crippen LogP) is -0.958. The van der Waals surface area contributed by atoms with E-state index >= 15 is 0 Å². The average Bonchev–Trinajstić information content (AvgIpc) is 2.83. The van der Waals surface area contributed by atoms with E-state index in [1.165, 1.54) is 12.1 Å². The van der Waals surface area contributed by atoms with Crippen LogP contribution in [0.2, 0.25) is 0 Å². The van der Waals surface area contributed by atoms with Crippen molar-refractivity contribution in [1.29, 1.82) is 0 Å². The van der Waals surface area contributed by atoms with Crippen LogP contribution in [0.3, 0.4) is 0 Å². The molecule has 36 heavy (non-hydrogen) atoms. The zero-order valence-electron chi connectivity index (χ0n) is 20.3. The number of benzene rings is 1. The molecule has 0 aliphatic rings. The largest absolute Gasteiger partial charge is 0.508 e. The standard InChI is InChI=1S/C23H35N5O7S/c1-3-12(2)19(22(33)26-16(23(34)35)10-13-4-6-14(29)7-5-13)28-21(32)17(11-36)27-20(31)15(24)8-9-18(25)30/h4-7,12,15-17,19,29,36H,3,8-11,24H2,1-2H3,(H2,25,30)(H,26,33)(H,27,31)(H,28,32)(H,34,35). The molecule has 1 rings (SSSR count). The molecular formula is C23H35N5O7S. The van der Waals surface area contributed by atoms with Crippen molar-refractivity contribution in [2.75, 3.05) is 5.75 Å². The van der Waals surface area contributed by atoms with E-state index in [-0.39, 0.29) is 36.7 Å². The molecule has 0 aromatic heterocycles. The average molecular weight is 526 g/mol.